The minimum atomic E-state index is -0.476. The molecule has 0 aromatic carbocycles. The summed E-state index contributed by atoms with van der Waals surface area (Å²) in [5.41, 5.74) is 6.21. The number of nitrogens with two attached hydrogens (primary N) is 1. The molecule has 0 saturated heterocycles. The number of rotatable bonds is 5. The number of carbonyl (C=O) groups is 1. The van der Waals surface area contributed by atoms with Crippen LogP contribution in [0.1, 0.15) is 55.5 Å². The van der Waals surface area contributed by atoms with E-state index in [9.17, 15) is 4.79 Å². The molecule has 0 aliphatic rings. The second-order valence-corrected chi connectivity index (χ2v) is 4.11. The van der Waals surface area contributed by atoms with Crippen molar-refractivity contribution in [2.24, 2.45) is 0 Å². The molecule has 1 aromatic heterocycles. The van der Waals surface area contributed by atoms with Gasteiger partial charge in [0.15, 0.2) is 5.69 Å². The molecular formula is C12H21N3O2. The van der Waals surface area contributed by atoms with Crippen LogP contribution in [-0.4, -0.2) is 22.6 Å². The summed E-state index contributed by atoms with van der Waals surface area (Å²) in [4.78, 5) is 15.7. The third kappa shape index (κ3) is 2.60. The van der Waals surface area contributed by atoms with Gasteiger partial charge in [0, 0.05) is 6.04 Å². The van der Waals surface area contributed by atoms with Crippen LogP contribution in [-0.2, 0) is 4.74 Å². The largest absolute Gasteiger partial charge is 0.464 e. The molecule has 0 radical (unpaired) electrons. The first kappa shape index (κ1) is 13.5. The van der Waals surface area contributed by atoms with Gasteiger partial charge in [-0.2, -0.15) is 0 Å². The molecule has 5 nitrogen and oxygen atoms in total. The number of methoxy groups -OCH3 is 1. The Balaban J connectivity index is 3.15. The predicted octanol–water partition coefficient (Wildman–Crippen LogP) is 2.31. The topological polar surface area (TPSA) is 70.1 Å². The monoisotopic (exact) mass is 239 g/mol. The molecule has 0 aliphatic carbocycles. The molecule has 5 heteroatoms. The number of nitrogens with zero attached hydrogens (tertiary/aromatic N) is 2. The van der Waals surface area contributed by atoms with Crippen molar-refractivity contribution in [2.45, 2.75) is 46.1 Å². The Hall–Kier alpha value is -1.52. The van der Waals surface area contributed by atoms with Gasteiger partial charge in [-0.3, -0.25) is 0 Å². The molecule has 0 bridgehead atoms. The van der Waals surface area contributed by atoms with Crippen molar-refractivity contribution < 1.29 is 9.53 Å². The van der Waals surface area contributed by atoms with Gasteiger partial charge in [-0.1, -0.05) is 20.3 Å². The van der Waals surface area contributed by atoms with Gasteiger partial charge in [-0.15, -0.1) is 0 Å². The van der Waals surface area contributed by atoms with Crippen LogP contribution in [0.15, 0.2) is 0 Å². The Bertz CT molecular complexity index is 399. The number of hydrogen-bond acceptors (Lipinski definition) is 4. The van der Waals surface area contributed by atoms with Crippen LogP contribution in [0.25, 0.3) is 0 Å². The first-order valence-electron chi connectivity index (χ1n) is 5.99. The van der Waals surface area contributed by atoms with Gasteiger partial charge >= 0.3 is 5.97 Å². The molecule has 0 spiro atoms. The molecule has 0 amide bonds. The van der Waals surface area contributed by atoms with E-state index in [0.717, 1.165) is 25.1 Å². The molecule has 0 aliphatic heterocycles. The number of nitrogen functional groups attached to an aromatic ring is 1. The van der Waals surface area contributed by atoms with Crippen molar-refractivity contribution in [3.63, 3.8) is 0 Å². The summed E-state index contributed by atoms with van der Waals surface area (Å²) in [7, 11) is 1.33. The molecule has 2 N–H and O–H groups in total. The van der Waals surface area contributed by atoms with E-state index in [2.05, 4.69) is 23.6 Å². The Labute approximate surface area is 102 Å². The summed E-state index contributed by atoms with van der Waals surface area (Å²) < 4.78 is 6.60. The van der Waals surface area contributed by atoms with Crippen molar-refractivity contribution in [3.05, 3.63) is 11.5 Å². The van der Waals surface area contributed by atoms with Crippen LogP contribution in [0.4, 0.5) is 5.82 Å². The van der Waals surface area contributed by atoms with E-state index >= 15 is 0 Å². The van der Waals surface area contributed by atoms with Crippen LogP contribution in [0.3, 0.4) is 0 Å². The highest BCUT2D eigenvalue weighted by atomic mass is 16.5. The lowest BCUT2D eigenvalue weighted by Crippen LogP contribution is -2.14. The lowest BCUT2D eigenvalue weighted by molar-refractivity contribution is 0.0595. The molecule has 0 saturated carbocycles. The first-order valence-corrected chi connectivity index (χ1v) is 5.99. The highest BCUT2D eigenvalue weighted by Crippen LogP contribution is 2.26. The zero-order valence-electron chi connectivity index (χ0n) is 11.0. The maximum atomic E-state index is 11.5. The van der Waals surface area contributed by atoms with Gasteiger partial charge in [0.05, 0.1) is 7.11 Å². The van der Waals surface area contributed by atoms with Gasteiger partial charge in [0.1, 0.15) is 11.6 Å². The lowest BCUT2D eigenvalue weighted by atomic mass is 10.1. The van der Waals surface area contributed by atoms with E-state index in [1.54, 1.807) is 0 Å². The van der Waals surface area contributed by atoms with Crippen molar-refractivity contribution in [3.8, 4) is 0 Å². The zero-order valence-corrected chi connectivity index (χ0v) is 11.0. The fourth-order valence-corrected chi connectivity index (χ4v) is 2.12. The molecular weight excluding hydrogens is 218 g/mol. The normalized spacial score (nSPS) is 12.5. The molecule has 96 valence electrons. The fraction of sp³-hybridized carbons (Fsp3) is 0.667. The smallest absolute Gasteiger partial charge is 0.360 e. The van der Waals surface area contributed by atoms with E-state index in [1.165, 1.54) is 7.11 Å². The third-order valence-electron chi connectivity index (χ3n) is 2.96. The van der Waals surface area contributed by atoms with Crippen molar-refractivity contribution in [1.29, 1.82) is 0 Å². The number of aromatic nitrogens is 2. The van der Waals surface area contributed by atoms with E-state index in [0.29, 0.717) is 11.9 Å². The Morgan fingerprint density at radius 2 is 2.18 bits per heavy atom. The number of aryl methyl sites for hydroxylation is 1. The van der Waals surface area contributed by atoms with Crippen molar-refractivity contribution >= 4 is 11.8 Å². The second kappa shape index (κ2) is 5.70. The highest BCUT2D eigenvalue weighted by molar-refractivity contribution is 5.92. The Morgan fingerprint density at radius 3 is 2.65 bits per heavy atom. The number of imidazole rings is 1. The average molecular weight is 239 g/mol. The van der Waals surface area contributed by atoms with Gasteiger partial charge < -0.3 is 15.0 Å². The second-order valence-electron chi connectivity index (χ2n) is 4.11. The van der Waals surface area contributed by atoms with Crippen molar-refractivity contribution in [1.82, 2.24) is 9.55 Å². The fourth-order valence-electron chi connectivity index (χ4n) is 2.12. The minimum absolute atomic E-state index is 0.222. The van der Waals surface area contributed by atoms with E-state index in [4.69, 9.17) is 5.73 Å². The van der Waals surface area contributed by atoms with Gasteiger partial charge in [0.2, 0.25) is 0 Å². The zero-order chi connectivity index (χ0) is 13.0. The Morgan fingerprint density at radius 1 is 1.53 bits per heavy atom. The summed E-state index contributed by atoms with van der Waals surface area (Å²) in [6.07, 6.45) is 3.07. The van der Waals surface area contributed by atoms with E-state index < -0.39 is 5.97 Å². The maximum Gasteiger partial charge on any atom is 0.360 e. The minimum Gasteiger partial charge on any atom is -0.464 e. The Kier molecular flexibility index (Phi) is 4.54. The number of anilines is 1. The summed E-state index contributed by atoms with van der Waals surface area (Å²) in [5.74, 6) is 0.702. The molecule has 1 unspecified atom stereocenters. The number of ether oxygens (including phenoxy) is 1. The number of esters is 1. The van der Waals surface area contributed by atoms with Crippen LogP contribution in [0.2, 0.25) is 0 Å². The molecule has 17 heavy (non-hydrogen) atoms. The number of carbonyl (C=O) groups excluding carboxylic acids is 1. The van der Waals surface area contributed by atoms with Gasteiger partial charge in [0.25, 0.3) is 0 Å². The maximum absolute atomic E-state index is 11.5. The molecule has 1 rings (SSSR count). The third-order valence-corrected chi connectivity index (χ3v) is 2.96. The standard InChI is InChI=1S/C12H21N3O2/c1-5-7-9(6-2)15-8(3)14-10(11(15)13)12(16)17-4/h9H,5-7,13H2,1-4H3. The molecule has 1 heterocycles. The van der Waals surface area contributed by atoms with Crippen LogP contribution < -0.4 is 5.73 Å². The van der Waals surface area contributed by atoms with Crippen molar-refractivity contribution in [2.75, 3.05) is 12.8 Å². The van der Waals surface area contributed by atoms with Crippen LogP contribution in [0, 0.1) is 6.92 Å². The van der Waals surface area contributed by atoms with Gasteiger partial charge in [-0.25, -0.2) is 9.78 Å². The van der Waals surface area contributed by atoms with Gasteiger partial charge in [-0.05, 0) is 19.8 Å². The van der Waals surface area contributed by atoms with E-state index in [-0.39, 0.29) is 5.69 Å². The SMILES string of the molecule is CCCC(CC)n1c(C)nc(C(=O)OC)c1N. The average Bonchev–Trinajstić information content (AvgIpc) is 2.61. The van der Waals surface area contributed by atoms with Crippen LogP contribution in [0.5, 0.6) is 0 Å². The summed E-state index contributed by atoms with van der Waals surface area (Å²) in [5, 5.41) is 0. The molecule has 0 fully saturated rings. The van der Waals surface area contributed by atoms with Crippen LogP contribution >= 0.6 is 0 Å². The molecule has 1 atom stereocenters. The number of hydrogen-bond donors (Lipinski definition) is 1. The predicted molar refractivity (Wildman–Crippen MR) is 67.0 cm³/mol. The quantitative estimate of drug-likeness (QED) is 0.800. The summed E-state index contributed by atoms with van der Waals surface area (Å²) in [6, 6.07) is 0.297. The molecule has 1 aromatic rings. The van der Waals surface area contributed by atoms with E-state index in [1.807, 2.05) is 11.5 Å². The lowest BCUT2D eigenvalue weighted by Gasteiger charge is -2.19. The summed E-state index contributed by atoms with van der Waals surface area (Å²) in [6.45, 7) is 6.10. The first-order chi connectivity index (χ1) is 8.06. The summed E-state index contributed by atoms with van der Waals surface area (Å²) >= 11 is 0. The highest BCUT2D eigenvalue weighted by Gasteiger charge is 2.22.